The van der Waals surface area contributed by atoms with E-state index < -0.39 is 23.8 Å². The molecule has 1 aliphatic carbocycles. The number of hydrogen-bond acceptors (Lipinski definition) is 5. The largest absolute Gasteiger partial charge is 0.480 e. The van der Waals surface area contributed by atoms with Crippen LogP contribution in [0.1, 0.15) is 51.9 Å². The lowest BCUT2D eigenvalue weighted by Crippen LogP contribution is -2.49. The summed E-state index contributed by atoms with van der Waals surface area (Å²) < 4.78 is 6.23. The van der Waals surface area contributed by atoms with Gasteiger partial charge in [-0.25, -0.2) is 4.79 Å². The molecule has 0 saturated carbocycles. The van der Waals surface area contributed by atoms with Gasteiger partial charge in [0, 0.05) is 25.0 Å². The molecular weight excluding hydrogens is 398 g/mol. The lowest BCUT2D eigenvalue weighted by Gasteiger charge is -2.29. The number of carbonyl (C=O) groups excluding carboxylic acids is 2. The molecule has 2 heterocycles. The zero-order chi connectivity index (χ0) is 22.4. The van der Waals surface area contributed by atoms with E-state index in [9.17, 15) is 19.5 Å². The van der Waals surface area contributed by atoms with E-state index in [0.717, 1.165) is 18.5 Å². The summed E-state index contributed by atoms with van der Waals surface area (Å²) in [6, 6.07) is -0.998. The van der Waals surface area contributed by atoms with Crippen LogP contribution in [0.5, 0.6) is 0 Å². The number of rotatable bonds is 12. The number of nitrogens with two attached hydrogens (primary N) is 1. The second-order valence-electron chi connectivity index (χ2n) is 8.57. The van der Waals surface area contributed by atoms with E-state index in [1.807, 2.05) is 12.2 Å². The lowest BCUT2D eigenvalue weighted by molar-refractivity contribution is -0.141. The molecule has 2 fully saturated rings. The minimum Gasteiger partial charge on any atom is -0.480 e. The highest BCUT2D eigenvalue weighted by Gasteiger charge is 2.68. The van der Waals surface area contributed by atoms with E-state index in [2.05, 4.69) is 23.6 Å². The molecule has 2 saturated heterocycles. The molecule has 8 heteroatoms. The molecule has 2 amide bonds. The second-order valence-corrected chi connectivity index (χ2v) is 8.57. The molecule has 3 aliphatic rings. The highest BCUT2D eigenvalue weighted by molar-refractivity contribution is 5.91. The zero-order valence-electron chi connectivity index (χ0n) is 18.0. The number of carbonyl (C=O) groups is 3. The van der Waals surface area contributed by atoms with Gasteiger partial charge in [-0.2, -0.15) is 0 Å². The number of ether oxygens (including phenoxy) is 1. The Hall–Kier alpha value is -2.45. The van der Waals surface area contributed by atoms with Gasteiger partial charge in [0.15, 0.2) is 0 Å². The van der Waals surface area contributed by atoms with Gasteiger partial charge in [0.05, 0.1) is 12.1 Å². The molecule has 31 heavy (non-hydrogen) atoms. The summed E-state index contributed by atoms with van der Waals surface area (Å²) in [5, 5.41) is 15.2. The third-order valence-corrected chi connectivity index (χ3v) is 6.34. The number of carboxylic acid groups (broad SMARTS) is 1. The maximum atomic E-state index is 12.1. The molecule has 8 nitrogen and oxygen atoms in total. The fraction of sp³-hybridized carbons (Fsp3) is 0.609. The third kappa shape index (κ3) is 5.43. The molecule has 0 radical (unpaired) electrons. The predicted molar refractivity (Wildman–Crippen MR) is 116 cm³/mol. The molecule has 2 aliphatic heterocycles. The van der Waals surface area contributed by atoms with Crippen LogP contribution < -0.4 is 16.4 Å². The van der Waals surface area contributed by atoms with Gasteiger partial charge in [0.1, 0.15) is 11.6 Å². The van der Waals surface area contributed by atoms with Crippen molar-refractivity contribution >= 4 is 17.8 Å². The van der Waals surface area contributed by atoms with Crippen LogP contribution in [0.15, 0.2) is 36.0 Å². The van der Waals surface area contributed by atoms with Gasteiger partial charge in [-0.1, -0.05) is 56.9 Å². The normalized spacial score (nSPS) is 30.7. The Bertz CT molecular complexity index is 790. The Morgan fingerprint density at radius 2 is 2.19 bits per heavy atom. The van der Waals surface area contributed by atoms with Crippen LogP contribution in [0.4, 0.5) is 0 Å². The van der Waals surface area contributed by atoms with Crippen molar-refractivity contribution in [3.63, 3.8) is 0 Å². The highest BCUT2D eigenvalue weighted by Crippen LogP contribution is 2.56. The Kier molecular flexibility index (Phi) is 7.67. The molecule has 5 unspecified atom stereocenters. The Morgan fingerprint density at radius 1 is 1.39 bits per heavy atom. The summed E-state index contributed by atoms with van der Waals surface area (Å²) in [5.41, 5.74) is 5.75. The van der Waals surface area contributed by atoms with Gasteiger partial charge in [-0.3, -0.25) is 9.59 Å². The number of primary amides is 1. The second kappa shape index (κ2) is 10.2. The SMILES string of the molecule is CCCCCCC1CNC2C=C/C(=C\C=C\C(=O)NC(CCC(N)=O)C(=O)O)C23OC13. The number of carboxylic acids is 1. The van der Waals surface area contributed by atoms with E-state index in [0.29, 0.717) is 5.92 Å². The molecule has 1 spiro atoms. The first-order valence-corrected chi connectivity index (χ1v) is 11.2. The first-order chi connectivity index (χ1) is 14.9. The number of aliphatic carboxylic acids is 1. The number of nitrogens with one attached hydrogen (secondary N) is 2. The summed E-state index contributed by atoms with van der Waals surface area (Å²) in [4.78, 5) is 34.2. The van der Waals surface area contributed by atoms with E-state index in [4.69, 9.17) is 10.5 Å². The van der Waals surface area contributed by atoms with Crippen molar-refractivity contribution in [1.82, 2.24) is 10.6 Å². The van der Waals surface area contributed by atoms with E-state index in [1.54, 1.807) is 6.08 Å². The molecule has 0 aromatic rings. The smallest absolute Gasteiger partial charge is 0.326 e. The Morgan fingerprint density at radius 3 is 2.90 bits per heavy atom. The summed E-state index contributed by atoms with van der Waals surface area (Å²) in [6.07, 6.45) is 15.1. The fourth-order valence-corrected chi connectivity index (χ4v) is 4.64. The number of piperidine rings is 1. The summed E-state index contributed by atoms with van der Waals surface area (Å²) in [7, 11) is 0. The van der Waals surface area contributed by atoms with Crippen LogP contribution in [-0.4, -0.2) is 53.2 Å². The standard InChI is InChI=1S/C23H33N3O5/c1-2-3-4-5-7-15-14-25-18-12-10-16(23(18)21(15)31-23)8-6-9-20(28)26-17(22(29)30)11-13-19(24)27/h6,8-10,12,15,17-18,21,25H,2-5,7,11,13-14H2,1H3,(H2,24,27)(H,26,28)(H,29,30)/b9-6+,16-8+. The van der Waals surface area contributed by atoms with E-state index >= 15 is 0 Å². The van der Waals surface area contributed by atoms with Crippen LogP contribution in [0.25, 0.3) is 0 Å². The van der Waals surface area contributed by atoms with Gasteiger partial charge >= 0.3 is 5.97 Å². The van der Waals surface area contributed by atoms with E-state index in [1.165, 1.54) is 31.8 Å². The first-order valence-electron chi connectivity index (χ1n) is 11.2. The maximum absolute atomic E-state index is 12.1. The molecule has 0 aromatic carbocycles. The van der Waals surface area contributed by atoms with Gasteiger partial charge in [-0.05, 0) is 18.4 Å². The average Bonchev–Trinajstić information content (AvgIpc) is 3.39. The number of epoxide rings is 1. The molecule has 5 N–H and O–H groups in total. The van der Waals surface area contributed by atoms with Gasteiger partial charge < -0.3 is 26.2 Å². The van der Waals surface area contributed by atoms with Gasteiger partial charge in [0.25, 0.3) is 0 Å². The average molecular weight is 432 g/mol. The van der Waals surface area contributed by atoms with Crippen molar-refractivity contribution in [2.45, 2.75) is 75.7 Å². The molecular formula is C23H33N3O5. The van der Waals surface area contributed by atoms with E-state index in [-0.39, 0.29) is 30.6 Å². The fourth-order valence-electron chi connectivity index (χ4n) is 4.64. The van der Waals surface area contributed by atoms with Crippen molar-refractivity contribution < 1.29 is 24.2 Å². The van der Waals surface area contributed by atoms with Crippen molar-refractivity contribution in [2.75, 3.05) is 6.54 Å². The number of amides is 2. The topological polar surface area (TPSA) is 134 Å². The molecule has 0 bridgehead atoms. The van der Waals surface area contributed by atoms with Crippen LogP contribution >= 0.6 is 0 Å². The van der Waals surface area contributed by atoms with Crippen LogP contribution in [0.2, 0.25) is 0 Å². The quantitative estimate of drug-likeness (QED) is 0.211. The summed E-state index contributed by atoms with van der Waals surface area (Å²) >= 11 is 0. The Balaban J connectivity index is 1.55. The van der Waals surface area contributed by atoms with Crippen molar-refractivity contribution in [3.05, 3.63) is 36.0 Å². The summed E-state index contributed by atoms with van der Waals surface area (Å²) in [6.45, 7) is 3.17. The molecule has 0 aromatic heterocycles. The predicted octanol–water partition coefficient (Wildman–Crippen LogP) is 1.57. The van der Waals surface area contributed by atoms with Crippen molar-refractivity contribution in [1.29, 1.82) is 0 Å². The minimum atomic E-state index is -1.20. The number of hydrogen-bond donors (Lipinski definition) is 4. The van der Waals surface area contributed by atoms with Gasteiger partial charge in [-0.15, -0.1) is 0 Å². The monoisotopic (exact) mass is 431 g/mol. The molecule has 170 valence electrons. The van der Waals surface area contributed by atoms with Crippen LogP contribution in [0.3, 0.4) is 0 Å². The third-order valence-electron chi connectivity index (χ3n) is 6.34. The van der Waals surface area contributed by atoms with Crippen LogP contribution in [0, 0.1) is 5.92 Å². The van der Waals surface area contributed by atoms with Crippen molar-refractivity contribution in [2.24, 2.45) is 11.7 Å². The highest BCUT2D eigenvalue weighted by atomic mass is 16.6. The minimum absolute atomic E-state index is 0.0420. The van der Waals surface area contributed by atoms with Crippen molar-refractivity contribution in [3.8, 4) is 0 Å². The Labute approximate surface area is 183 Å². The summed E-state index contributed by atoms with van der Waals surface area (Å²) in [5.74, 6) is -1.85. The number of unbranched alkanes of at least 4 members (excludes halogenated alkanes) is 3. The van der Waals surface area contributed by atoms with Gasteiger partial charge in [0.2, 0.25) is 11.8 Å². The zero-order valence-corrected chi connectivity index (χ0v) is 18.0. The lowest BCUT2D eigenvalue weighted by atomic mass is 9.81. The first kappa shape index (κ1) is 23.2. The molecule has 5 atom stereocenters. The van der Waals surface area contributed by atoms with Crippen LogP contribution in [-0.2, 0) is 19.1 Å². The molecule has 3 rings (SSSR count). The number of allylic oxidation sites excluding steroid dienone is 2. The maximum Gasteiger partial charge on any atom is 0.326 e.